The van der Waals surface area contributed by atoms with Crippen molar-refractivity contribution in [1.82, 2.24) is 0 Å². The third-order valence-electron chi connectivity index (χ3n) is 2.27. The van der Waals surface area contributed by atoms with Crippen molar-refractivity contribution in [2.45, 2.75) is 26.4 Å². The molecule has 0 aliphatic heterocycles. The molecule has 1 atom stereocenters. The van der Waals surface area contributed by atoms with Crippen molar-refractivity contribution in [2.75, 3.05) is 18.5 Å². The van der Waals surface area contributed by atoms with Crippen molar-refractivity contribution >= 4 is 11.6 Å². The van der Waals surface area contributed by atoms with E-state index in [9.17, 15) is 9.90 Å². The molecular formula is C13H19NO3. The van der Waals surface area contributed by atoms with E-state index < -0.39 is 6.10 Å². The average Bonchev–Trinajstić information content (AvgIpc) is 2.29. The number of carbonyl (C=O) groups excluding carboxylic acids is 1. The van der Waals surface area contributed by atoms with Crippen LogP contribution in [0.1, 0.15) is 31.9 Å². The molecule has 2 N–H and O–H groups in total. The van der Waals surface area contributed by atoms with E-state index in [1.54, 1.807) is 19.1 Å². The van der Waals surface area contributed by atoms with Gasteiger partial charge in [-0.05, 0) is 19.4 Å². The minimum atomic E-state index is -0.608. The van der Waals surface area contributed by atoms with Gasteiger partial charge in [0.1, 0.15) is 6.61 Å². The number of carbonyl (C=O) groups is 1. The number of anilines is 1. The Bertz CT molecular complexity index is 363. The molecule has 0 saturated heterocycles. The zero-order valence-electron chi connectivity index (χ0n) is 10.3. The summed E-state index contributed by atoms with van der Waals surface area (Å²) < 4.78 is 5.14. The Morgan fingerprint density at radius 3 is 2.82 bits per heavy atom. The van der Waals surface area contributed by atoms with Gasteiger partial charge < -0.3 is 15.2 Å². The predicted octanol–water partition coefficient (Wildman–Crippen LogP) is 2.10. The highest BCUT2D eigenvalue weighted by atomic mass is 16.5. The van der Waals surface area contributed by atoms with Crippen molar-refractivity contribution in [2.24, 2.45) is 0 Å². The quantitative estimate of drug-likeness (QED) is 0.745. The Morgan fingerprint density at radius 2 is 2.18 bits per heavy atom. The van der Waals surface area contributed by atoms with Crippen LogP contribution in [0.5, 0.6) is 0 Å². The summed E-state index contributed by atoms with van der Waals surface area (Å²) in [5, 5.41) is 12.3. The van der Waals surface area contributed by atoms with E-state index in [2.05, 4.69) is 5.32 Å². The molecule has 0 bridgehead atoms. The van der Waals surface area contributed by atoms with Gasteiger partial charge >= 0.3 is 0 Å². The van der Waals surface area contributed by atoms with Crippen LogP contribution in [-0.2, 0) is 9.53 Å². The van der Waals surface area contributed by atoms with E-state index in [1.807, 2.05) is 19.1 Å². The summed E-state index contributed by atoms with van der Waals surface area (Å²) in [6.07, 6.45) is 0.278. The third kappa shape index (κ3) is 4.54. The number of para-hydroxylation sites is 1. The Labute approximate surface area is 102 Å². The van der Waals surface area contributed by atoms with Crippen molar-refractivity contribution in [3.05, 3.63) is 29.8 Å². The van der Waals surface area contributed by atoms with E-state index in [-0.39, 0.29) is 12.5 Å². The van der Waals surface area contributed by atoms with E-state index in [4.69, 9.17) is 4.74 Å². The number of aliphatic hydroxyl groups is 1. The molecule has 0 aliphatic carbocycles. The first-order valence-corrected chi connectivity index (χ1v) is 5.79. The first kappa shape index (κ1) is 13.7. The number of aliphatic hydroxyl groups excluding tert-OH is 1. The second-order valence-corrected chi connectivity index (χ2v) is 3.86. The smallest absolute Gasteiger partial charge is 0.250 e. The van der Waals surface area contributed by atoms with Gasteiger partial charge in [-0.3, -0.25) is 4.79 Å². The van der Waals surface area contributed by atoms with Gasteiger partial charge in [-0.1, -0.05) is 25.1 Å². The Balaban J connectivity index is 2.58. The third-order valence-corrected chi connectivity index (χ3v) is 2.27. The highest BCUT2D eigenvalue weighted by molar-refractivity contribution is 5.92. The van der Waals surface area contributed by atoms with Crippen LogP contribution in [0.25, 0.3) is 0 Å². The lowest BCUT2D eigenvalue weighted by atomic mass is 10.1. The lowest BCUT2D eigenvalue weighted by Gasteiger charge is -2.12. The molecule has 0 radical (unpaired) electrons. The standard InChI is InChI=1S/C13H19NO3/c1-3-8-17-9-13(16)14-12-7-5-4-6-11(12)10(2)15/h4-7,10,15H,3,8-9H2,1-2H3,(H,14,16). The summed E-state index contributed by atoms with van der Waals surface area (Å²) in [6.45, 7) is 4.27. The number of nitrogens with one attached hydrogen (secondary N) is 1. The first-order chi connectivity index (χ1) is 8.15. The van der Waals surface area contributed by atoms with Gasteiger partial charge in [0.25, 0.3) is 0 Å². The van der Waals surface area contributed by atoms with E-state index in [0.717, 1.165) is 6.42 Å². The Morgan fingerprint density at radius 1 is 1.47 bits per heavy atom. The molecule has 4 nitrogen and oxygen atoms in total. The maximum Gasteiger partial charge on any atom is 0.250 e. The summed E-state index contributed by atoms with van der Waals surface area (Å²) in [7, 11) is 0. The topological polar surface area (TPSA) is 58.6 Å². The van der Waals surface area contributed by atoms with Crippen molar-refractivity contribution in [3.8, 4) is 0 Å². The summed E-state index contributed by atoms with van der Waals surface area (Å²) in [5.74, 6) is -0.202. The average molecular weight is 237 g/mol. The molecule has 1 aromatic rings. The number of hydrogen-bond acceptors (Lipinski definition) is 3. The largest absolute Gasteiger partial charge is 0.389 e. The van der Waals surface area contributed by atoms with Crippen molar-refractivity contribution in [3.63, 3.8) is 0 Å². The number of ether oxygens (including phenoxy) is 1. The van der Waals surface area contributed by atoms with Gasteiger partial charge in [0, 0.05) is 17.9 Å². The van der Waals surface area contributed by atoms with Gasteiger partial charge in [-0.2, -0.15) is 0 Å². The minimum absolute atomic E-state index is 0.0436. The van der Waals surface area contributed by atoms with Crippen LogP contribution in [0.4, 0.5) is 5.69 Å². The molecule has 0 aromatic heterocycles. The molecule has 0 fully saturated rings. The molecule has 94 valence electrons. The second kappa shape index (κ2) is 7.04. The summed E-state index contributed by atoms with van der Waals surface area (Å²) >= 11 is 0. The normalized spacial score (nSPS) is 12.2. The number of amides is 1. The first-order valence-electron chi connectivity index (χ1n) is 5.79. The number of benzene rings is 1. The summed E-state index contributed by atoms with van der Waals surface area (Å²) in [5.41, 5.74) is 1.34. The van der Waals surface area contributed by atoms with Crippen molar-refractivity contribution in [1.29, 1.82) is 0 Å². The lowest BCUT2D eigenvalue weighted by Crippen LogP contribution is -2.19. The zero-order chi connectivity index (χ0) is 12.7. The monoisotopic (exact) mass is 237 g/mol. The molecule has 0 saturated carbocycles. The van der Waals surface area contributed by atoms with Gasteiger partial charge in [0.05, 0.1) is 6.10 Å². The molecule has 1 aromatic carbocycles. The van der Waals surface area contributed by atoms with Crippen LogP contribution >= 0.6 is 0 Å². The molecule has 0 spiro atoms. The van der Waals surface area contributed by atoms with E-state index >= 15 is 0 Å². The molecule has 1 rings (SSSR count). The van der Waals surface area contributed by atoms with Gasteiger partial charge in [-0.15, -0.1) is 0 Å². The van der Waals surface area contributed by atoms with Crippen molar-refractivity contribution < 1.29 is 14.6 Å². The van der Waals surface area contributed by atoms with Crippen LogP contribution in [0, 0.1) is 0 Å². The van der Waals surface area contributed by atoms with Crippen LogP contribution in [0.2, 0.25) is 0 Å². The summed E-state index contributed by atoms with van der Waals surface area (Å²) in [6, 6.07) is 7.19. The van der Waals surface area contributed by atoms with Crippen LogP contribution in [0.15, 0.2) is 24.3 Å². The molecule has 0 heterocycles. The number of hydrogen-bond donors (Lipinski definition) is 2. The molecule has 17 heavy (non-hydrogen) atoms. The number of rotatable bonds is 6. The lowest BCUT2D eigenvalue weighted by molar-refractivity contribution is -0.120. The van der Waals surface area contributed by atoms with E-state index in [0.29, 0.717) is 17.9 Å². The van der Waals surface area contributed by atoms with Gasteiger partial charge in [0.15, 0.2) is 0 Å². The Kier molecular flexibility index (Phi) is 5.66. The zero-order valence-corrected chi connectivity index (χ0v) is 10.3. The molecule has 0 aliphatic rings. The molecule has 1 unspecified atom stereocenters. The van der Waals surface area contributed by atoms with Gasteiger partial charge in [0.2, 0.25) is 5.91 Å². The van der Waals surface area contributed by atoms with E-state index in [1.165, 1.54) is 0 Å². The molecular weight excluding hydrogens is 218 g/mol. The summed E-state index contributed by atoms with van der Waals surface area (Å²) in [4.78, 5) is 11.5. The fourth-order valence-corrected chi connectivity index (χ4v) is 1.47. The van der Waals surface area contributed by atoms with Gasteiger partial charge in [-0.25, -0.2) is 0 Å². The molecule has 4 heteroatoms. The fraction of sp³-hybridized carbons (Fsp3) is 0.462. The maximum atomic E-state index is 11.5. The van der Waals surface area contributed by atoms with Crippen LogP contribution in [0.3, 0.4) is 0 Å². The predicted molar refractivity (Wildman–Crippen MR) is 66.8 cm³/mol. The maximum absolute atomic E-state index is 11.5. The van der Waals surface area contributed by atoms with Crippen LogP contribution in [-0.4, -0.2) is 24.2 Å². The highest BCUT2D eigenvalue weighted by Gasteiger charge is 2.09. The minimum Gasteiger partial charge on any atom is -0.389 e. The second-order valence-electron chi connectivity index (χ2n) is 3.86. The highest BCUT2D eigenvalue weighted by Crippen LogP contribution is 2.21. The SMILES string of the molecule is CCCOCC(=O)Nc1ccccc1C(C)O. The fourth-order valence-electron chi connectivity index (χ4n) is 1.47. The van der Waals surface area contributed by atoms with Crippen LogP contribution < -0.4 is 5.32 Å². The Hall–Kier alpha value is -1.39. The molecule has 1 amide bonds.